The average Bonchev–Trinajstić information content (AvgIpc) is 2.45. The molecule has 0 heterocycles. The van der Waals surface area contributed by atoms with E-state index in [1.54, 1.807) is 12.1 Å². The third-order valence-electron chi connectivity index (χ3n) is 3.50. The van der Waals surface area contributed by atoms with Crippen LogP contribution in [0.15, 0.2) is 29.2 Å². The molecule has 1 unspecified atom stereocenters. The zero-order valence-corrected chi connectivity index (χ0v) is 14.3. The molecule has 1 atom stereocenters. The summed E-state index contributed by atoms with van der Waals surface area (Å²) in [5, 5.41) is 3.47. The third-order valence-corrected chi connectivity index (χ3v) is 4.98. The number of likely N-dealkylation sites (N-methyl/N-ethyl adjacent to an activating group) is 1. The summed E-state index contributed by atoms with van der Waals surface area (Å²) < 4.78 is 26.6. The van der Waals surface area contributed by atoms with Crippen molar-refractivity contribution < 1.29 is 8.42 Å². The summed E-state index contributed by atoms with van der Waals surface area (Å²) in [5.74, 6) is 0.541. The second kappa shape index (κ2) is 8.51. The molecule has 0 fully saturated rings. The maximum absolute atomic E-state index is 12.0. The van der Waals surface area contributed by atoms with Crippen LogP contribution in [0.25, 0.3) is 0 Å². The quantitative estimate of drug-likeness (QED) is 0.737. The Morgan fingerprint density at radius 2 is 1.71 bits per heavy atom. The number of hydrogen-bond acceptors (Lipinski definition) is 3. The second-order valence-corrected chi connectivity index (χ2v) is 7.42. The van der Waals surface area contributed by atoms with Crippen LogP contribution in [0.3, 0.4) is 0 Å². The highest BCUT2D eigenvalue weighted by Crippen LogP contribution is 2.14. The standard InChI is InChI=1S/C16H28N2O2S/c1-5-11-18-21(19,20)15-9-7-14(8-10-15)12-16(13(3)4)17-6-2/h7-10,13,16-18H,5-6,11-12H2,1-4H3. The largest absolute Gasteiger partial charge is 0.314 e. The van der Waals surface area contributed by atoms with Crippen molar-refractivity contribution in [3.05, 3.63) is 29.8 Å². The highest BCUT2D eigenvalue weighted by molar-refractivity contribution is 7.89. The molecule has 0 radical (unpaired) electrons. The normalized spacial score (nSPS) is 13.6. The molecule has 0 saturated heterocycles. The lowest BCUT2D eigenvalue weighted by molar-refractivity contribution is 0.405. The Balaban J connectivity index is 2.78. The van der Waals surface area contributed by atoms with Gasteiger partial charge in [-0.1, -0.05) is 39.8 Å². The molecule has 0 saturated carbocycles. The molecule has 2 N–H and O–H groups in total. The maximum Gasteiger partial charge on any atom is 0.240 e. The van der Waals surface area contributed by atoms with Crippen molar-refractivity contribution in [2.45, 2.75) is 51.5 Å². The van der Waals surface area contributed by atoms with Crippen LogP contribution >= 0.6 is 0 Å². The van der Waals surface area contributed by atoms with E-state index in [9.17, 15) is 8.42 Å². The van der Waals surface area contributed by atoms with E-state index in [-0.39, 0.29) is 0 Å². The number of rotatable bonds is 9. The first-order valence-corrected chi connectivity index (χ1v) is 9.21. The minimum absolute atomic E-state index is 0.337. The van der Waals surface area contributed by atoms with Gasteiger partial charge in [0, 0.05) is 12.6 Å². The predicted octanol–water partition coefficient (Wildman–Crippen LogP) is 2.55. The van der Waals surface area contributed by atoms with Crippen LogP contribution in [-0.4, -0.2) is 27.5 Å². The molecule has 21 heavy (non-hydrogen) atoms. The molecule has 5 heteroatoms. The first kappa shape index (κ1) is 18.1. The molecule has 0 aliphatic carbocycles. The average molecular weight is 312 g/mol. The van der Waals surface area contributed by atoms with E-state index < -0.39 is 10.0 Å². The zero-order chi connectivity index (χ0) is 15.9. The molecule has 0 aliphatic heterocycles. The summed E-state index contributed by atoms with van der Waals surface area (Å²) in [6, 6.07) is 7.61. The molecule has 0 aliphatic rings. The van der Waals surface area contributed by atoms with E-state index in [0.29, 0.717) is 23.4 Å². The molecular formula is C16H28N2O2S. The van der Waals surface area contributed by atoms with E-state index in [4.69, 9.17) is 0 Å². The molecule has 1 aromatic carbocycles. The monoisotopic (exact) mass is 312 g/mol. The van der Waals surface area contributed by atoms with Crippen molar-refractivity contribution in [1.29, 1.82) is 0 Å². The number of hydrogen-bond donors (Lipinski definition) is 2. The minimum Gasteiger partial charge on any atom is -0.314 e. The number of nitrogens with one attached hydrogen (secondary N) is 2. The molecule has 0 spiro atoms. The van der Waals surface area contributed by atoms with Gasteiger partial charge < -0.3 is 5.32 Å². The topological polar surface area (TPSA) is 58.2 Å². The van der Waals surface area contributed by atoms with Crippen LogP contribution in [0.5, 0.6) is 0 Å². The van der Waals surface area contributed by atoms with Gasteiger partial charge in [0.25, 0.3) is 0 Å². The number of benzene rings is 1. The smallest absolute Gasteiger partial charge is 0.240 e. The lowest BCUT2D eigenvalue weighted by Crippen LogP contribution is -2.35. The summed E-state index contributed by atoms with van der Waals surface area (Å²) in [6.07, 6.45) is 1.70. The van der Waals surface area contributed by atoms with Gasteiger partial charge in [0.05, 0.1) is 4.90 Å². The Morgan fingerprint density at radius 1 is 1.10 bits per heavy atom. The van der Waals surface area contributed by atoms with Crippen molar-refractivity contribution in [1.82, 2.24) is 10.0 Å². The fourth-order valence-corrected chi connectivity index (χ4v) is 3.32. The Kier molecular flexibility index (Phi) is 7.35. The van der Waals surface area contributed by atoms with Gasteiger partial charge in [0.2, 0.25) is 10.0 Å². The van der Waals surface area contributed by atoms with Crippen LogP contribution < -0.4 is 10.0 Å². The van der Waals surface area contributed by atoms with Gasteiger partial charge in [-0.25, -0.2) is 13.1 Å². The van der Waals surface area contributed by atoms with Crippen molar-refractivity contribution in [3.8, 4) is 0 Å². The summed E-state index contributed by atoms with van der Waals surface area (Å²) in [7, 11) is -3.36. The molecule has 1 rings (SSSR count). The van der Waals surface area contributed by atoms with Crippen molar-refractivity contribution in [2.75, 3.05) is 13.1 Å². The molecule has 4 nitrogen and oxygen atoms in total. The Hall–Kier alpha value is -0.910. The maximum atomic E-state index is 12.0. The van der Waals surface area contributed by atoms with Crippen LogP contribution in [0.1, 0.15) is 39.7 Å². The Bertz CT molecular complexity index is 510. The lowest BCUT2D eigenvalue weighted by atomic mass is 9.96. The van der Waals surface area contributed by atoms with Crippen LogP contribution in [-0.2, 0) is 16.4 Å². The highest BCUT2D eigenvalue weighted by atomic mass is 32.2. The fourth-order valence-electron chi connectivity index (χ4n) is 2.18. The summed E-state index contributed by atoms with van der Waals surface area (Å²) >= 11 is 0. The third kappa shape index (κ3) is 5.77. The summed E-state index contributed by atoms with van der Waals surface area (Å²) in [4.78, 5) is 0.337. The summed E-state index contributed by atoms with van der Waals surface area (Å²) in [6.45, 7) is 9.85. The van der Waals surface area contributed by atoms with E-state index in [0.717, 1.165) is 24.9 Å². The first-order chi connectivity index (χ1) is 9.90. The van der Waals surface area contributed by atoms with Crippen molar-refractivity contribution in [3.63, 3.8) is 0 Å². The van der Waals surface area contributed by atoms with Gasteiger partial charge in [-0.15, -0.1) is 0 Å². The Morgan fingerprint density at radius 3 is 2.19 bits per heavy atom. The number of sulfonamides is 1. The molecule has 0 aromatic heterocycles. The SMILES string of the molecule is CCCNS(=O)(=O)c1ccc(CC(NCC)C(C)C)cc1. The van der Waals surface area contributed by atoms with E-state index in [2.05, 4.69) is 30.8 Å². The molecule has 1 aromatic rings. The van der Waals surface area contributed by atoms with E-state index in [1.807, 2.05) is 19.1 Å². The molecular weight excluding hydrogens is 284 g/mol. The zero-order valence-electron chi connectivity index (χ0n) is 13.5. The van der Waals surface area contributed by atoms with Gasteiger partial charge in [-0.3, -0.25) is 0 Å². The van der Waals surface area contributed by atoms with Crippen LogP contribution in [0, 0.1) is 5.92 Å². The fraction of sp³-hybridized carbons (Fsp3) is 0.625. The van der Waals surface area contributed by atoms with E-state index in [1.165, 1.54) is 0 Å². The first-order valence-electron chi connectivity index (χ1n) is 7.72. The molecule has 120 valence electrons. The second-order valence-electron chi connectivity index (χ2n) is 5.65. The van der Waals surface area contributed by atoms with Gasteiger partial charge in [0.1, 0.15) is 0 Å². The van der Waals surface area contributed by atoms with Crippen LogP contribution in [0.2, 0.25) is 0 Å². The van der Waals surface area contributed by atoms with Gasteiger partial charge >= 0.3 is 0 Å². The van der Waals surface area contributed by atoms with Gasteiger partial charge in [-0.2, -0.15) is 0 Å². The minimum atomic E-state index is -3.36. The molecule has 0 bridgehead atoms. The Labute approximate surface area is 129 Å². The van der Waals surface area contributed by atoms with Crippen LogP contribution in [0.4, 0.5) is 0 Å². The van der Waals surface area contributed by atoms with Crippen molar-refractivity contribution in [2.24, 2.45) is 5.92 Å². The lowest BCUT2D eigenvalue weighted by Gasteiger charge is -2.22. The highest BCUT2D eigenvalue weighted by Gasteiger charge is 2.15. The van der Waals surface area contributed by atoms with Crippen molar-refractivity contribution >= 4 is 10.0 Å². The van der Waals surface area contributed by atoms with Gasteiger partial charge in [0.15, 0.2) is 0 Å². The predicted molar refractivity (Wildman–Crippen MR) is 87.9 cm³/mol. The van der Waals surface area contributed by atoms with Gasteiger partial charge in [-0.05, 0) is 43.0 Å². The van der Waals surface area contributed by atoms with E-state index >= 15 is 0 Å². The molecule has 0 amide bonds. The summed E-state index contributed by atoms with van der Waals surface area (Å²) in [5.41, 5.74) is 1.16.